The van der Waals surface area contributed by atoms with E-state index in [9.17, 15) is 0 Å². The molecule has 2 aromatic rings. The van der Waals surface area contributed by atoms with Gasteiger partial charge in [0, 0.05) is 11.4 Å². The Balaban J connectivity index is 2.28. The Morgan fingerprint density at radius 1 is 1.20 bits per heavy atom. The van der Waals surface area contributed by atoms with Gasteiger partial charge in [-0.15, -0.1) is 0 Å². The van der Waals surface area contributed by atoms with Crippen LogP contribution in [-0.2, 0) is 0 Å². The minimum absolute atomic E-state index is 0.410. The highest BCUT2D eigenvalue weighted by Crippen LogP contribution is 2.29. The van der Waals surface area contributed by atoms with Gasteiger partial charge in [-0.2, -0.15) is 8.75 Å². The number of nitrogens with zero attached hydrogens (tertiary/aromatic N) is 4. The summed E-state index contributed by atoms with van der Waals surface area (Å²) in [5, 5.41) is 1.72. The molecule has 0 fully saturated rings. The van der Waals surface area contributed by atoms with Crippen LogP contribution in [0.15, 0.2) is 16.2 Å². The lowest BCUT2D eigenvalue weighted by atomic mass is 10.4. The number of rotatable bonds is 2. The van der Waals surface area contributed by atoms with E-state index in [-0.39, 0.29) is 0 Å². The van der Waals surface area contributed by atoms with Crippen LogP contribution in [0.3, 0.4) is 0 Å². The van der Waals surface area contributed by atoms with Crippen LogP contribution < -0.4 is 0 Å². The first kappa shape index (κ1) is 10.8. The van der Waals surface area contributed by atoms with E-state index in [1.807, 2.05) is 19.9 Å². The summed E-state index contributed by atoms with van der Waals surface area (Å²) >= 11 is 8.25. The molecular weight excluding hydrogens is 252 g/mol. The fourth-order valence-electron chi connectivity index (χ4n) is 1.06. The van der Waals surface area contributed by atoms with Crippen LogP contribution in [0.2, 0.25) is 5.15 Å². The number of halogens is 1. The van der Waals surface area contributed by atoms with Crippen LogP contribution in [-0.4, -0.2) is 18.7 Å². The maximum absolute atomic E-state index is 5.83. The average Bonchev–Trinajstić information content (AvgIpc) is 2.50. The van der Waals surface area contributed by atoms with Gasteiger partial charge < -0.3 is 0 Å². The number of aromatic nitrogens is 4. The molecule has 0 aliphatic heterocycles. The van der Waals surface area contributed by atoms with Crippen LogP contribution in [0.1, 0.15) is 11.4 Å². The topological polar surface area (TPSA) is 51.6 Å². The van der Waals surface area contributed by atoms with Crippen LogP contribution in [0.5, 0.6) is 0 Å². The predicted octanol–water partition coefficient (Wildman–Crippen LogP) is 2.75. The van der Waals surface area contributed by atoms with Crippen molar-refractivity contribution in [2.75, 3.05) is 0 Å². The number of hydrogen-bond acceptors (Lipinski definition) is 6. The van der Waals surface area contributed by atoms with E-state index in [1.165, 1.54) is 11.8 Å². The summed E-state index contributed by atoms with van der Waals surface area (Å²) < 4.78 is 7.93. The molecule has 0 saturated heterocycles. The van der Waals surface area contributed by atoms with E-state index < -0.39 is 0 Å². The van der Waals surface area contributed by atoms with Gasteiger partial charge in [-0.1, -0.05) is 11.6 Å². The van der Waals surface area contributed by atoms with Gasteiger partial charge in [0.25, 0.3) is 0 Å². The van der Waals surface area contributed by atoms with Crippen molar-refractivity contribution in [2.24, 2.45) is 0 Å². The van der Waals surface area contributed by atoms with E-state index >= 15 is 0 Å². The summed E-state index contributed by atoms with van der Waals surface area (Å²) in [4.78, 5) is 8.56. The van der Waals surface area contributed by atoms with Gasteiger partial charge in [-0.3, -0.25) is 0 Å². The molecule has 0 saturated carbocycles. The third kappa shape index (κ3) is 2.64. The molecule has 2 rings (SSSR count). The molecule has 0 radical (unpaired) electrons. The van der Waals surface area contributed by atoms with Crippen molar-refractivity contribution in [2.45, 2.75) is 24.0 Å². The third-order valence-corrected chi connectivity index (χ3v) is 3.53. The van der Waals surface area contributed by atoms with E-state index in [4.69, 9.17) is 11.6 Å². The molecule has 2 aromatic heterocycles. The van der Waals surface area contributed by atoms with E-state index in [2.05, 4.69) is 18.7 Å². The van der Waals surface area contributed by atoms with Crippen LogP contribution >= 0.6 is 35.1 Å². The van der Waals surface area contributed by atoms with Gasteiger partial charge in [0.1, 0.15) is 0 Å². The molecule has 2 heterocycles. The standard InChI is InChI=1S/C8H7ClN4S2/c1-4-3-5(2)11-8(10-4)14-7-6(9)12-15-13-7/h3H,1-2H3. The lowest BCUT2D eigenvalue weighted by molar-refractivity contribution is 0.900. The van der Waals surface area contributed by atoms with Gasteiger partial charge in [0.05, 0.1) is 11.7 Å². The molecule has 0 atom stereocenters. The Morgan fingerprint density at radius 2 is 1.87 bits per heavy atom. The van der Waals surface area contributed by atoms with Crippen molar-refractivity contribution >= 4 is 35.1 Å². The molecular formula is C8H7ClN4S2. The SMILES string of the molecule is Cc1cc(C)nc(Sc2nsnc2Cl)n1. The fraction of sp³-hybridized carbons (Fsp3) is 0.250. The van der Waals surface area contributed by atoms with Crippen molar-refractivity contribution in [1.29, 1.82) is 0 Å². The van der Waals surface area contributed by atoms with Gasteiger partial charge in [-0.05, 0) is 31.7 Å². The third-order valence-electron chi connectivity index (χ3n) is 1.57. The highest BCUT2D eigenvalue weighted by molar-refractivity contribution is 7.99. The molecule has 7 heteroatoms. The molecule has 78 valence electrons. The zero-order valence-electron chi connectivity index (χ0n) is 8.06. The predicted molar refractivity (Wildman–Crippen MR) is 60.5 cm³/mol. The summed E-state index contributed by atoms with van der Waals surface area (Å²) in [5.41, 5.74) is 1.87. The Kier molecular flexibility index (Phi) is 3.18. The maximum atomic E-state index is 5.83. The number of aryl methyl sites for hydroxylation is 2. The van der Waals surface area contributed by atoms with E-state index in [0.29, 0.717) is 15.3 Å². The highest BCUT2D eigenvalue weighted by atomic mass is 35.5. The Hall–Kier alpha value is -0.720. The lowest BCUT2D eigenvalue weighted by Gasteiger charge is -2.00. The average molecular weight is 259 g/mol. The van der Waals surface area contributed by atoms with E-state index in [0.717, 1.165) is 23.1 Å². The summed E-state index contributed by atoms with van der Waals surface area (Å²) in [6.45, 7) is 3.86. The molecule has 0 spiro atoms. The Labute approximate surface area is 100 Å². The van der Waals surface area contributed by atoms with Crippen molar-refractivity contribution in [1.82, 2.24) is 18.7 Å². The second kappa shape index (κ2) is 4.42. The van der Waals surface area contributed by atoms with Crippen LogP contribution in [0, 0.1) is 13.8 Å². The second-order valence-electron chi connectivity index (χ2n) is 2.90. The second-order valence-corrected chi connectivity index (χ2v) is 4.74. The molecule has 0 bridgehead atoms. The van der Waals surface area contributed by atoms with Crippen molar-refractivity contribution < 1.29 is 0 Å². The summed E-state index contributed by atoms with van der Waals surface area (Å²) in [6.07, 6.45) is 0. The van der Waals surface area contributed by atoms with Gasteiger partial charge in [-0.25, -0.2) is 9.97 Å². The fourth-order valence-corrected chi connectivity index (χ4v) is 2.71. The first-order valence-electron chi connectivity index (χ1n) is 4.13. The molecule has 0 amide bonds. The van der Waals surface area contributed by atoms with E-state index in [1.54, 1.807) is 0 Å². The highest BCUT2D eigenvalue weighted by Gasteiger charge is 2.09. The molecule has 0 N–H and O–H groups in total. The molecule has 0 aliphatic carbocycles. The number of hydrogen-bond donors (Lipinski definition) is 0. The molecule has 15 heavy (non-hydrogen) atoms. The Morgan fingerprint density at radius 3 is 2.40 bits per heavy atom. The zero-order chi connectivity index (χ0) is 10.8. The van der Waals surface area contributed by atoms with Crippen molar-refractivity contribution in [3.05, 3.63) is 22.6 Å². The normalized spacial score (nSPS) is 10.6. The molecule has 4 nitrogen and oxygen atoms in total. The largest absolute Gasteiger partial charge is 0.228 e. The minimum Gasteiger partial charge on any atom is -0.228 e. The van der Waals surface area contributed by atoms with Gasteiger partial charge in [0.2, 0.25) is 0 Å². The first-order chi connectivity index (χ1) is 7.15. The minimum atomic E-state index is 0.410. The maximum Gasteiger partial charge on any atom is 0.194 e. The van der Waals surface area contributed by atoms with Crippen LogP contribution in [0.4, 0.5) is 0 Å². The molecule has 0 aromatic carbocycles. The zero-order valence-corrected chi connectivity index (χ0v) is 10.4. The summed E-state index contributed by atoms with van der Waals surface area (Å²) in [5.74, 6) is 0. The van der Waals surface area contributed by atoms with Gasteiger partial charge >= 0.3 is 0 Å². The molecule has 0 unspecified atom stereocenters. The monoisotopic (exact) mass is 258 g/mol. The lowest BCUT2D eigenvalue weighted by Crippen LogP contribution is -1.92. The summed E-state index contributed by atoms with van der Waals surface area (Å²) in [6, 6.07) is 1.92. The molecule has 0 aliphatic rings. The van der Waals surface area contributed by atoms with Crippen molar-refractivity contribution in [3.8, 4) is 0 Å². The van der Waals surface area contributed by atoms with Gasteiger partial charge in [0.15, 0.2) is 15.3 Å². The van der Waals surface area contributed by atoms with Crippen LogP contribution in [0.25, 0.3) is 0 Å². The first-order valence-corrected chi connectivity index (χ1v) is 6.06. The Bertz CT molecular complexity index is 465. The quantitative estimate of drug-likeness (QED) is 0.776. The summed E-state index contributed by atoms with van der Waals surface area (Å²) in [7, 11) is 0. The van der Waals surface area contributed by atoms with Crippen molar-refractivity contribution in [3.63, 3.8) is 0 Å². The smallest absolute Gasteiger partial charge is 0.194 e.